The van der Waals surface area contributed by atoms with Crippen molar-refractivity contribution in [2.75, 3.05) is 5.75 Å². The molecule has 0 saturated carbocycles. The molecule has 0 spiro atoms. The molecule has 0 aliphatic rings. The number of primary amides is 1. The maximum absolute atomic E-state index is 12.2. The van der Waals surface area contributed by atoms with E-state index in [0.717, 1.165) is 5.56 Å². The van der Waals surface area contributed by atoms with E-state index in [9.17, 15) is 9.59 Å². The van der Waals surface area contributed by atoms with E-state index < -0.39 is 5.91 Å². The number of nitrogens with zero attached hydrogens (tertiary/aromatic N) is 3. The second-order valence-corrected chi connectivity index (χ2v) is 5.89. The van der Waals surface area contributed by atoms with Gasteiger partial charge < -0.3 is 15.6 Å². The number of hydrogen-bond donors (Lipinski definition) is 2. The van der Waals surface area contributed by atoms with Gasteiger partial charge in [0, 0.05) is 12.1 Å². The van der Waals surface area contributed by atoms with Gasteiger partial charge in [-0.05, 0) is 26.0 Å². The molecule has 3 N–H and O–H groups in total. The monoisotopic (exact) mass is 333 g/mol. The predicted octanol–water partition coefficient (Wildman–Crippen LogP) is 1.11. The summed E-state index contributed by atoms with van der Waals surface area (Å²) in [4.78, 5) is 23.0. The standard InChI is InChI=1S/C15H19N5O2S/c1-3-20-13(18-19-15(20)23-9-12(16)21)8-17-14(22)11-6-4-5-10(2)7-11/h4-7H,3,8-9H2,1-2H3,(H2,16,21)(H,17,22). The van der Waals surface area contributed by atoms with Crippen molar-refractivity contribution in [2.24, 2.45) is 5.73 Å². The number of carbonyl (C=O) groups is 2. The van der Waals surface area contributed by atoms with Crippen LogP contribution in [0.3, 0.4) is 0 Å². The Balaban J connectivity index is 2.02. The van der Waals surface area contributed by atoms with Crippen LogP contribution >= 0.6 is 11.8 Å². The Morgan fingerprint density at radius 2 is 2.13 bits per heavy atom. The second-order valence-electron chi connectivity index (χ2n) is 4.95. The van der Waals surface area contributed by atoms with Crippen LogP contribution in [0.1, 0.15) is 28.7 Å². The fourth-order valence-electron chi connectivity index (χ4n) is 2.06. The second kappa shape index (κ2) is 7.77. The number of aromatic nitrogens is 3. The van der Waals surface area contributed by atoms with Crippen LogP contribution in [-0.4, -0.2) is 32.3 Å². The fraction of sp³-hybridized carbons (Fsp3) is 0.333. The van der Waals surface area contributed by atoms with Crippen molar-refractivity contribution >= 4 is 23.6 Å². The van der Waals surface area contributed by atoms with E-state index in [0.29, 0.717) is 23.1 Å². The normalized spacial score (nSPS) is 10.5. The number of nitrogens with two attached hydrogens (primary N) is 1. The van der Waals surface area contributed by atoms with E-state index in [1.54, 1.807) is 6.07 Å². The van der Waals surface area contributed by atoms with Crippen molar-refractivity contribution < 1.29 is 9.59 Å². The summed E-state index contributed by atoms with van der Waals surface area (Å²) in [5.74, 6) is 0.217. The Labute approximate surface area is 138 Å². The van der Waals surface area contributed by atoms with Gasteiger partial charge in [-0.3, -0.25) is 9.59 Å². The van der Waals surface area contributed by atoms with Crippen LogP contribution in [0.5, 0.6) is 0 Å². The molecular formula is C15H19N5O2S. The minimum absolute atomic E-state index is 0.147. The molecule has 0 aliphatic carbocycles. The zero-order valence-corrected chi connectivity index (χ0v) is 13.9. The Morgan fingerprint density at radius 3 is 2.78 bits per heavy atom. The molecule has 2 amide bonds. The number of benzene rings is 1. The first kappa shape index (κ1) is 17.0. The molecule has 0 fully saturated rings. The molecule has 0 aliphatic heterocycles. The highest BCUT2D eigenvalue weighted by atomic mass is 32.2. The third kappa shape index (κ3) is 4.56. The summed E-state index contributed by atoms with van der Waals surface area (Å²) in [5.41, 5.74) is 6.77. The molecule has 1 aromatic heterocycles. The van der Waals surface area contributed by atoms with Crippen LogP contribution in [0.25, 0.3) is 0 Å². The number of nitrogens with one attached hydrogen (secondary N) is 1. The highest BCUT2D eigenvalue weighted by molar-refractivity contribution is 7.99. The zero-order chi connectivity index (χ0) is 16.8. The molecule has 0 radical (unpaired) electrons. The van der Waals surface area contributed by atoms with Gasteiger partial charge in [0.25, 0.3) is 5.91 Å². The van der Waals surface area contributed by atoms with Crippen molar-refractivity contribution in [3.8, 4) is 0 Å². The highest BCUT2D eigenvalue weighted by Gasteiger charge is 2.13. The first-order valence-corrected chi connectivity index (χ1v) is 8.18. The molecule has 0 unspecified atom stereocenters. The average Bonchev–Trinajstić information content (AvgIpc) is 2.92. The summed E-state index contributed by atoms with van der Waals surface area (Å²) in [6.07, 6.45) is 0. The number of hydrogen-bond acceptors (Lipinski definition) is 5. The lowest BCUT2D eigenvalue weighted by atomic mass is 10.1. The van der Waals surface area contributed by atoms with Crippen molar-refractivity contribution in [1.82, 2.24) is 20.1 Å². The maximum atomic E-state index is 12.2. The van der Waals surface area contributed by atoms with Gasteiger partial charge in [-0.1, -0.05) is 29.5 Å². The van der Waals surface area contributed by atoms with Crippen molar-refractivity contribution in [3.63, 3.8) is 0 Å². The smallest absolute Gasteiger partial charge is 0.251 e. The van der Waals surface area contributed by atoms with Crippen LogP contribution in [0.4, 0.5) is 0 Å². The van der Waals surface area contributed by atoms with Gasteiger partial charge in [-0.15, -0.1) is 10.2 Å². The van der Waals surface area contributed by atoms with Crippen LogP contribution in [0.2, 0.25) is 0 Å². The van der Waals surface area contributed by atoms with E-state index in [2.05, 4.69) is 15.5 Å². The number of carbonyl (C=O) groups excluding carboxylic acids is 2. The Kier molecular flexibility index (Phi) is 5.75. The maximum Gasteiger partial charge on any atom is 0.251 e. The number of thioether (sulfide) groups is 1. The van der Waals surface area contributed by atoms with E-state index in [-0.39, 0.29) is 18.2 Å². The topological polar surface area (TPSA) is 103 Å². The molecule has 122 valence electrons. The first-order valence-electron chi connectivity index (χ1n) is 7.19. The number of amides is 2. The Morgan fingerprint density at radius 1 is 1.35 bits per heavy atom. The quantitative estimate of drug-likeness (QED) is 0.739. The molecule has 23 heavy (non-hydrogen) atoms. The largest absolute Gasteiger partial charge is 0.369 e. The number of aryl methyl sites for hydroxylation is 1. The highest BCUT2D eigenvalue weighted by Crippen LogP contribution is 2.16. The van der Waals surface area contributed by atoms with Gasteiger partial charge in [0.15, 0.2) is 11.0 Å². The Bertz CT molecular complexity index is 714. The summed E-state index contributed by atoms with van der Waals surface area (Å²) in [7, 11) is 0. The molecular weight excluding hydrogens is 314 g/mol. The molecule has 7 nitrogen and oxygen atoms in total. The molecule has 1 aromatic carbocycles. The van der Waals surface area contributed by atoms with Gasteiger partial charge >= 0.3 is 0 Å². The Hall–Kier alpha value is -2.35. The van der Waals surface area contributed by atoms with Gasteiger partial charge in [-0.2, -0.15) is 0 Å². The van der Waals surface area contributed by atoms with Gasteiger partial charge in [0.1, 0.15) is 0 Å². The third-order valence-corrected chi connectivity index (χ3v) is 4.13. The van der Waals surface area contributed by atoms with Gasteiger partial charge in [-0.25, -0.2) is 0 Å². The summed E-state index contributed by atoms with van der Waals surface area (Å²) < 4.78 is 1.85. The molecule has 2 rings (SSSR count). The molecule has 1 heterocycles. The van der Waals surface area contributed by atoms with Crippen LogP contribution in [-0.2, 0) is 17.9 Å². The lowest BCUT2D eigenvalue weighted by Crippen LogP contribution is -2.25. The minimum atomic E-state index is -0.407. The lowest BCUT2D eigenvalue weighted by molar-refractivity contribution is -0.115. The molecule has 8 heteroatoms. The summed E-state index contributed by atoms with van der Waals surface area (Å²) in [6, 6.07) is 7.37. The number of rotatable bonds is 7. The van der Waals surface area contributed by atoms with E-state index in [4.69, 9.17) is 5.73 Å². The van der Waals surface area contributed by atoms with Crippen molar-refractivity contribution in [3.05, 3.63) is 41.2 Å². The minimum Gasteiger partial charge on any atom is -0.369 e. The average molecular weight is 333 g/mol. The third-order valence-electron chi connectivity index (χ3n) is 3.14. The van der Waals surface area contributed by atoms with Crippen LogP contribution < -0.4 is 11.1 Å². The fourth-order valence-corrected chi connectivity index (χ4v) is 2.82. The van der Waals surface area contributed by atoms with Gasteiger partial charge in [0.2, 0.25) is 5.91 Å². The van der Waals surface area contributed by atoms with Crippen molar-refractivity contribution in [2.45, 2.75) is 32.1 Å². The summed E-state index contributed by atoms with van der Waals surface area (Å²) in [6.45, 7) is 4.80. The van der Waals surface area contributed by atoms with Gasteiger partial charge in [0.05, 0.1) is 12.3 Å². The summed E-state index contributed by atoms with van der Waals surface area (Å²) in [5, 5.41) is 11.6. The van der Waals surface area contributed by atoms with Crippen LogP contribution in [0, 0.1) is 6.92 Å². The molecule has 0 saturated heterocycles. The molecule has 0 bridgehead atoms. The van der Waals surface area contributed by atoms with E-state index >= 15 is 0 Å². The van der Waals surface area contributed by atoms with E-state index in [1.165, 1.54) is 11.8 Å². The molecule has 2 aromatic rings. The lowest BCUT2D eigenvalue weighted by Gasteiger charge is -2.08. The summed E-state index contributed by atoms with van der Waals surface area (Å²) >= 11 is 1.24. The zero-order valence-electron chi connectivity index (χ0n) is 13.1. The van der Waals surface area contributed by atoms with Crippen molar-refractivity contribution in [1.29, 1.82) is 0 Å². The van der Waals surface area contributed by atoms with Crippen LogP contribution in [0.15, 0.2) is 29.4 Å². The first-order chi connectivity index (χ1) is 11.0. The predicted molar refractivity (Wildman–Crippen MR) is 88.0 cm³/mol. The van der Waals surface area contributed by atoms with E-state index in [1.807, 2.05) is 36.6 Å². The molecule has 0 atom stereocenters. The SMILES string of the molecule is CCn1c(CNC(=O)c2cccc(C)c2)nnc1SCC(N)=O.